The molecule has 0 aliphatic heterocycles. The van der Waals surface area contributed by atoms with Crippen LogP contribution >= 0.6 is 0 Å². The number of rotatable bonds is 5. The van der Waals surface area contributed by atoms with E-state index in [1.54, 1.807) is 43.3 Å². The number of hydrogen-bond donors (Lipinski definition) is 0. The van der Waals surface area contributed by atoms with Gasteiger partial charge < -0.3 is 9.47 Å². The molecule has 5 heteroatoms. The molecule has 1 aromatic carbocycles. The first-order valence-electron chi connectivity index (χ1n) is 6.49. The second kappa shape index (κ2) is 5.63. The molecule has 0 bridgehead atoms. The second-order valence-corrected chi connectivity index (χ2v) is 5.66. The molecule has 0 radical (unpaired) electrons. The number of hydrogen-bond acceptors (Lipinski definition) is 4. The van der Waals surface area contributed by atoms with Crippen LogP contribution in [0.1, 0.15) is 13.8 Å². The van der Waals surface area contributed by atoms with Gasteiger partial charge in [-0.3, -0.25) is 9.36 Å². The molecule has 0 N–H and O–H groups in total. The minimum absolute atomic E-state index is 0.0573. The summed E-state index contributed by atoms with van der Waals surface area (Å²) in [6, 6.07) is 5.32. The van der Waals surface area contributed by atoms with Gasteiger partial charge in [0.1, 0.15) is 5.75 Å². The van der Waals surface area contributed by atoms with Crippen LogP contribution in [0.3, 0.4) is 0 Å². The summed E-state index contributed by atoms with van der Waals surface area (Å²) in [4.78, 5) is 16.8. The van der Waals surface area contributed by atoms with Crippen LogP contribution in [0.2, 0.25) is 0 Å². The van der Waals surface area contributed by atoms with E-state index in [0.717, 1.165) is 0 Å². The molecule has 0 saturated carbocycles. The van der Waals surface area contributed by atoms with Crippen molar-refractivity contribution in [2.75, 3.05) is 20.8 Å². The molecule has 1 aromatic heterocycles. The van der Waals surface area contributed by atoms with Crippen LogP contribution in [0, 0.1) is 5.41 Å². The van der Waals surface area contributed by atoms with E-state index >= 15 is 0 Å². The number of ether oxygens (including phenoxy) is 2. The van der Waals surface area contributed by atoms with E-state index < -0.39 is 0 Å². The maximum absolute atomic E-state index is 12.5. The fourth-order valence-corrected chi connectivity index (χ4v) is 2.28. The Balaban J connectivity index is 2.45. The minimum atomic E-state index is -0.132. The van der Waals surface area contributed by atoms with Gasteiger partial charge in [0.25, 0.3) is 5.56 Å². The highest BCUT2D eigenvalue weighted by molar-refractivity contribution is 5.78. The lowest BCUT2D eigenvalue weighted by atomic mass is 9.95. The molecule has 0 aliphatic carbocycles. The normalized spacial score (nSPS) is 11.8. The van der Waals surface area contributed by atoms with Crippen LogP contribution < -0.4 is 10.3 Å². The molecule has 108 valence electrons. The van der Waals surface area contributed by atoms with E-state index in [2.05, 4.69) is 18.8 Å². The Morgan fingerprint density at radius 2 is 2.05 bits per heavy atom. The molecule has 0 spiro atoms. The summed E-state index contributed by atoms with van der Waals surface area (Å²) in [5.41, 5.74) is 0.488. The van der Waals surface area contributed by atoms with Crippen molar-refractivity contribution in [2.45, 2.75) is 20.4 Å². The molecule has 0 aliphatic rings. The SMILES string of the molecule is COCC(C)(C)Cn1cnc2ccc(OC)cc2c1=O. The molecule has 0 saturated heterocycles. The van der Waals surface area contributed by atoms with Crippen molar-refractivity contribution in [3.8, 4) is 5.75 Å². The summed E-state index contributed by atoms with van der Waals surface area (Å²) in [7, 11) is 3.24. The standard InChI is InChI=1S/C15H20N2O3/c1-15(2,9-19-3)8-17-10-16-13-6-5-11(20-4)7-12(13)14(17)18/h5-7,10H,8-9H2,1-4H3. The topological polar surface area (TPSA) is 53.4 Å². The van der Waals surface area contributed by atoms with Gasteiger partial charge in [-0.2, -0.15) is 0 Å². The summed E-state index contributed by atoms with van der Waals surface area (Å²) in [5.74, 6) is 0.658. The molecular weight excluding hydrogens is 256 g/mol. The van der Waals surface area contributed by atoms with Crippen molar-refractivity contribution in [1.29, 1.82) is 0 Å². The molecule has 2 rings (SSSR count). The highest BCUT2D eigenvalue weighted by Crippen LogP contribution is 2.19. The Morgan fingerprint density at radius 1 is 1.30 bits per heavy atom. The lowest BCUT2D eigenvalue weighted by Gasteiger charge is -2.24. The molecule has 2 aromatic rings. The molecule has 1 heterocycles. The maximum atomic E-state index is 12.5. The lowest BCUT2D eigenvalue weighted by molar-refractivity contribution is 0.0910. The van der Waals surface area contributed by atoms with Crippen molar-refractivity contribution in [3.63, 3.8) is 0 Å². The first-order chi connectivity index (χ1) is 9.46. The van der Waals surface area contributed by atoms with E-state index in [1.165, 1.54) is 0 Å². The molecule has 0 fully saturated rings. The molecule has 0 amide bonds. The zero-order valence-corrected chi connectivity index (χ0v) is 12.3. The summed E-state index contributed by atoms with van der Waals surface area (Å²) >= 11 is 0. The Kier molecular flexibility index (Phi) is 4.09. The molecular formula is C15H20N2O3. The summed E-state index contributed by atoms with van der Waals surface area (Å²) < 4.78 is 12.0. The zero-order valence-electron chi connectivity index (χ0n) is 12.3. The molecule has 0 atom stereocenters. The van der Waals surface area contributed by atoms with E-state index in [9.17, 15) is 4.79 Å². The largest absolute Gasteiger partial charge is 0.497 e. The third kappa shape index (κ3) is 2.99. The Bertz CT molecular complexity index is 662. The van der Waals surface area contributed by atoms with Gasteiger partial charge in [0.05, 0.1) is 30.9 Å². The number of fused-ring (bicyclic) bond motifs is 1. The van der Waals surface area contributed by atoms with Crippen LogP contribution in [-0.2, 0) is 11.3 Å². The summed E-state index contributed by atoms with van der Waals surface area (Å²) in [5, 5.41) is 0.570. The van der Waals surface area contributed by atoms with Gasteiger partial charge >= 0.3 is 0 Å². The van der Waals surface area contributed by atoms with Gasteiger partial charge in [-0.1, -0.05) is 13.8 Å². The molecule has 5 nitrogen and oxygen atoms in total. The van der Waals surface area contributed by atoms with Gasteiger partial charge in [-0.05, 0) is 18.2 Å². The van der Waals surface area contributed by atoms with Gasteiger partial charge in [0.15, 0.2) is 0 Å². The highest BCUT2D eigenvalue weighted by Gasteiger charge is 2.19. The quantitative estimate of drug-likeness (QED) is 0.839. The Morgan fingerprint density at radius 3 is 2.70 bits per heavy atom. The van der Waals surface area contributed by atoms with Crippen LogP contribution in [0.4, 0.5) is 0 Å². The van der Waals surface area contributed by atoms with Crippen LogP contribution in [0.25, 0.3) is 10.9 Å². The Labute approximate surface area is 118 Å². The zero-order chi connectivity index (χ0) is 14.8. The number of methoxy groups -OCH3 is 2. The van der Waals surface area contributed by atoms with E-state index in [-0.39, 0.29) is 11.0 Å². The predicted octanol–water partition coefficient (Wildman–Crippen LogP) is 2.08. The minimum Gasteiger partial charge on any atom is -0.497 e. The summed E-state index contributed by atoms with van der Waals surface area (Å²) in [6.07, 6.45) is 1.59. The predicted molar refractivity (Wildman–Crippen MR) is 78.2 cm³/mol. The second-order valence-electron chi connectivity index (χ2n) is 5.66. The third-order valence-corrected chi connectivity index (χ3v) is 3.16. The van der Waals surface area contributed by atoms with Crippen LogP contribution in [0.15, 0.2) is 29.3 Å². The molecule has 0 unspecified atom stereocenters. The smallest absolute Gasteiger partial charge is 0.261 e. The van der Waals surface area contributed by atoms with Crippen molar-refractivity contribution in [1.82, 2.24) is 9.55 Å². The number of nitrogens with zero attached hydrogens (tertiary/aromatic N) is 2. The fourth-order valence-electron chi connectivity index (χ4n) is 2.28. The maximum Gasteiger partial charge on any atom is 0.261 e. The van der Waals surface area contributed by atoms with Crippen molar-refractivity contribution < 1.29 is 9.47 Å². The van der Waals surface area contributed by atoms with E-state index in [4.69, 9.17) is 9.47 Å². The number of benzene rings is 1. The van der Waals surface area contributed by atoms with Crippen LogP contribution in [-0.4, -0.2) is 30.4 Å². The van der Waals surface area contributed by atoms with Gasteiger partial charge in [0.2, 0.25) is 0 Å². The third-order valence-electron chi connectivity index (χ3n) is 3.16. The van der Waals surface area contributed by atoms with Gasteiger partial charge in [0, 0.05) is 19.1 Å². The van der Waals surface area contributed by atoms with Crippen LogP contribution in [0.5, 0.6) is 5.75 Å². The first-order valence-corrected chi connectivity index (χ1v) is 6.49. The van der Waals surface area contributed by atoms with Gasteiger partial charge in [-0.15, -0.1) is 0 Å². The van der Waals surface area contributed by atoms with Crippen molar-refractivity contribution >= 4 is 10.9 Å². The van der Waals surface area contributed by atoms with Crippen molar-refractivity contribution in [3.05, 3.63) is 34.9 Å². The highest BCUT2D eigenvalue weighted by atomic mass is 16.5. The first kappa shape index (κ1) is 14.5. The van der Waals surface area contributed by atoms with Crippen molar-refractivity contribution in [2.24, 2.45) is 5.41 Å². The fraction of sp³-hybridized carbons (Fsp3) is 0.467. The molecule has 20 heavy (non-hydrogen) atoms. The lowest BCUT2D eigenvalue weighted by Crippen LogP contribution is -2.31. The average Bonchev–Trinajstić information content (AvgIpc) is 2.41. The average molecular weight is 276 g/mol. The summed E-state index contributed by atoms with van der Waals surface area (Å²) in [6.45, 7) is 5.24. The van der Waals surface area contributed by atoms with Gasteiger partial charge in [-0.25, -0.2) is 4.98 Å². The monoisotopic (exact) mass is 276 g/mol. The van der Waals surface area contributed by atoms with E-state index in [1.807, 2.05) is 0 Å². The Hall–Kier alpha value is -1.88. The number of aromatic nitrogens is 2. The van der Waals surface area contributed by atoms with E-state index in [0.29, 0.717) is 29.8 Å².